The molecular formula is C15H13ClN2O2. The van der Waals surface area contributed by atoms with Crippen LogP contribution in [-0.2, 0) is 13.0 Å². The van der Waals surface area contributed by atoms with Gasteiger partial charge >= 0.3 is 0 Å². The van der Waals surface area contributed by atoms with Gasteiger partial charge in [0, 0.05) is 23.3 Å². The summed E-state index contributed by atoms with van der Waals surface area (Å²) in [5.74, 6) is -0.0557. The zero-order chi connectivity index (χ0) is 14.1. The zero-order valence-corrected chi connectivity index (χ0v) is 11.5. The Kier molecular flexibility index (Phi) is 3.42. The number of anilines is 1. The van der Waals surface area contributed by atoms with Gasteiger partial charge < -0.3 is 10.0 Å². The van der Waals surface area contributed by atoms with Crippen LogP contribution >= 0.6 is 11.6 Å². The molecule has 5 heteroatoms. The Morgan fingerprint density at radius 1 is 1.30 bits per heavy atom. The Balaban J connectivity index is 1.97. The number of carbonyl (C=O) groups is 1. The molecule has 1 amide bonds. The molecule has 20 heavy (non-hydrogen) atoms. The number of rotatable bonds is 2. The van der Waals surface area contributed by atoms with Crippen molar-refractivity contribution in [2.75, 3.05) is 11.4 Å². The summed E-state index contributed by atoms with van der Waals surface area (Å²) in [4.78, 5) is 18.3. The number of hydrogen-bond acceptors (Lipinski definition) is 3. The third-order valence-electron chi connectivity index (χ3n) is 3.42. The SMILES string of the molecule is O=C1c2ccc(Cl)cc2CCN1c1cncc(CO)c1. The van der Waals surface area contributed by atoms with E-state index in [0.29, 0.717) is 28.4 Å². The van der Waals surface area contributed by atoms with Gasteiger partial charge in [0.2, 0.25) is 0 Å². The predicted molar refractivity (Wildman–Crippen MR) is 77.0 cm³/mol. The van der Waals surface area contributed by atoms with E-state index in [4.69, 9.17) is 16.7 Å². The second kappa shape index (κ2) is 5.23. The van der Waals surface area contributed by atoms with E-state index in [1.54, 1.807) is 35.5 Å². The summed E-state index contributed by atoms with van der Waals surface area (Å²) >= 11 is 5.95. The van der Waals surface area contributed by atoms with Crippen molar-refractivity contribution < 1.29 is 9.90 Å². The second-order valence-electron chi connectivity index (χ2n) is 4.72. The highest BCUT2D eigenvalue weighted by atomic mass is 35.5. The second-order valence-corrected chi connectivity index (χ2v) is 5.15. The van der Waals surface area contributed by atoms with Gasteiger partial charge in [0.1, 0.15) is 0 Å². The number of amides is 1. The lowest BCUT2D eigenvalue weighted by Gasteiger charge is -2.28. The standard InChI is InChI=1S/C15H13ClN2O2/c16-12-1-2-14-11(6-12)3-4-18(15(14)20)13-5-10(9-19)7-17-8-13/h1-2,5-8,19H,3-4,9H2. The lowest BCUT2D eigenvalue weighted by molar-refractivity contribution is 0.0980. The van der Waals surface area contributed by atoms with E-state index in [1.165, 1.54) is 0 Å². The van der Waals surface area contributed by atoms with E-state index in [0.717, 1.165) is 12.0 Å². The first-order valence-electron chi connectivity index (χ1n) is 6.34. The maximum absolute atomic E-state index is 12.5. The fourth-order valence-corrected chi connectivity index (χ4v) is 2.61. The number of aliphatic hydroxyl groups excluding tert-OH is 1. The Hall–Kier alpha value is -1.91. The fourth-order valence-electron chi connectivity index (χ4n) is 2.41. The smallest absolute Gasteiger partial charge is 0.258 e. The number of hydrogen-bond donors (Lipinski definition) is 1. The molecule has 0 spiro atoms. The average Bonchev–Trinajstić information content (AvgIpc) is 2.47. The third-order valence-corrected chi connectivity index (χ3v) is 3.66. The van der Waals surface area contributed by atoms with Gasteiger partial charge in [-0.2, -0.15) is 0 Å². The van der Waals surface area contributed by atoms with Crippen molar-refractivity contribution >= 4 is 23.2 Å². The van der Waals surface area contributed by atoms with E-state index >= 15 is 0 Å². The van der Waals surface area contributed by atoms with Gasteiger partial charge in [0.15, 0.2) is 0 Å². The molecule has 1 aliphatic heterocycles. The highest BCUT2D eigenvalue weighted by molar-refractivity contribution is 6.30. The number of carbonyl (C=O) groups excluding carboxylic acids is 1. The Bertz CT molecular complexity index is 673. The molecule has 2 aromatic rings. The summed E-state index contributed by atoms with van der Waals surface area (Å²) in [5, 5.41) is 9.80. The van der Waals surface area contributed by atoms with Gasteiger partial charge in [-0.1, -0.05) is 11.6 Å². The van der Waals surface area contributed by atoms with Gasteiger partial charge in [-0.25, -0.2) is 0 Å². The monoisotopic (exact) mass is 288 g/mol. The molecule has 0 bridgehead atoms. The van der Waals surface area contributed by atoms with Crippen molar-refractivity contribution in [2.24, 2.45) is 0 Å². The minimum absolute atomic E-state index is 0.0557. The normalized spacial score (nSPS) is 14.3. The van der Waals surface area contributed by atoms with Crippen molar-refractivity contribution in [2.45, 2.75) is 13.0 Å². The topological polar surface area (TPSA) is 53.4 Å². The minimum Gasteiger partial charge on any atom is -0.392 e. The van der Waals surface area contributed by atoms with Crippen molar-refractivity contribution in [1.82, 2.24) is 4.98 Å². The van der Waals surface area contributed by atoms with E-state index < -0.39 is 0 Å². The minimum atomic E-state index is -0.0882. The molecule has 0 saturated carbocycles. The number of pyridine rings is 1. The van der Waals surface area contributed by atoms with Gasteiger partial charge in [-0.15, -0.1) is 0 Å². The number of aromatic nitrogens is 1. The van der Waals surface area contributed by atoms with Gasteiger partial charge in [-0.3, -0.25) is 9.78 Å². The number of halogens is 1. The molecule has 1 aliphatic rings. The van der Waals surface area contributed by atoms with Crippen LogP contribution in [0.4, 0.5) is 5.69 Å². The molecule has 1 aromatic heterocycles. The number of nitrogens with zero attached hydrogens (tertiary/aromatic N) is 2. The summed E-state index contributed by atoms with van der Waals surface area (Å²) in [5.41, 5.74) is 3.06. The highest BCUT2D eigenvalue weighted by Gasteiger charge is 2.25. The summed E-state index contributed by atoms with van der Waals surface area (Å²) in [7, 11) is 0. The maximum Gasteiger partial charge on any atom is 0.258 e. The molecule has 0 aliphatic carbocycles. The van der Waals surface area contributed by atoms with Crippen molar-refractivity contribution in [3.05, 3.63) is 58.4 Å². The molecule has 0 saturated heterocycles. The number of fused-ring (bicyclic) bond motifs is 1. The predicted octanol–water partition coefficient (Wildman–Crippen LogP) is 2.43. The van der Waals surface area contributed by atoms with E-state index in [1.807, 2.05) is 6.07 Å². The van der Waals surface area contributed by atoms with Crippen LogP contribution in [0.1, 0.15) is 21.5 Å². The molecule has 0 unspecified atom stereocenters. The molecule has 0 atom stereocenters. The number of aliphatic hydroxyl groups is 1. The van der Waals surface area contributed by atoms with Gasteiger partial charge in [0.25, 0.3) is 5.91 Å². The Morgan fingerprint density at radius 2 is 2.15 bits per heavy atom. The number of benzene rings is 1. The Labute approximate surface area is 121 Å². The zero-order valence-electron chi connectivity index (χ0n) is 10.7. The summed E-state index contributed by atoms with van der Waals surface area (Å²) in [6, 6.07) is 7.11. The molecule has 3 rings (SSSR count). The molecule has 1 N–H and O–H groups in total. The van der Waals surface area contributed by atoms with Gasteiger partial charge in [-0.05, 0) is 41.8 Å². The van der Waals surface area contributed by atoms with Crippen LogP contribution in [0.15, 0.2) is 36.7 Å². The molecule has 1 aromatic carbocycles. The highest BCUT2D eigenvalue weighted by Crippen LogP contribution is 2.26. The first-order valence-corrected chi connectivity index (χ1v) is 6.72. The lowest BCUT2D eigenvalue weighted by Crippen LogP contribution is -2.37. The molecule has 102 valence electrons. The molecule has 2 heterocycles. The van der Waals surface area contributed by atoms with E-state index in [9.17, 15) is 4.79 Å². The first-order chi connectivity index (χ1) is 9.69. The largest absolute Gasteiger partial charge is 0.392 e. The van der Waals surface area contributed by atoms with Crippen molar-refractivity contribution in [3.63, 3.8) is 0 Å². The van der Waals surface area contributed by atoms with Crippen LogP contribution in [0, 0.1) is 0 Å². The van der Waals surface area contributed by atoms with Crippen LogP contribution in [0.2, 0.25) is 5.02 Å². The van der Waals surface area contributed by atoms with Crippen LogP contribution in [0.5, 0.6) is 0 Å². The maximum atomic E-state index is 12.5. The molecule has 4 nitrogen and oxygen atoms in total. The average molecular weight is 289 g/mol. The van der Waals surface area contributed by atoms with Crippen LogP contribution < -0.4 is 4.90 Å². The van der Waals surface area contributed by atoms with Crippen molar-refractivity contribution in [3.8, 4) is 0 Å². The quantitative estimate of drug-likeness (QED) is 0.923. The van der Waals surface area contributed by atoms with Gasteiger partial charge in [0.05, 0.1) is 18.5 Å². The lowest BCUT2D eigenvalue weighted by atomic mass is 9.98. The molecule has 0 fully saturated rings. The van der Waals surface area contributed by atoms with Crippen LogP contribution in [0.25, 0.3) is 0 Å². The van der Waals surface area contributed by atoms with E-state index in [-0.39, 0.29) is 12.5 Å². The third kappa shape index (κ3) is 2.28. The molecular weight excluding hydrogens is 276 g/mol. The Morgan fingerprint density at radius 3 is 2.95 bits per heavy atom. The van der Waals surface area contributed by atoms with E-state index in [2.05, 4.69) is 4.98 Å². The first kappa shape index (κ1) is 13.1. The fraction of sp³-hybridized carbons (Fsp3) is 0.200. The summed E-state index contributed by atoms with van der Waals surface area (Å²) in [6.45, 7) is 0.498. The van der Waals surface area contributed by atoms with Crippen molar-refractivity contribution in [1.29, 1.82) is 0 Å². The summed E-state index contributed by atoms with van der Waals surface area (Å²) in [6.07, 6.45) is 3.98. The summed E-state index contributed by atoms with van der Waals surface area (Å²) < 4.78 is 0. The van der Waals surface area contributed by atoms with Crippen LogP contribution in [-0.4, -0.2) is 22.5 Å². The van der Waals surface area contributed by atoms with Crippen LogP contribution in [0.3, 0.4) is 0 Å². The molecule has 0 radical (unpaired) electrons.